The fourth-order valence-corrected chi connectivity index (χ4v) is 4.74. The number of carbonyl (C=O) groups excluding carboxylic acids is 2. The fourth-order valence-electron chi connectivity index (χ4n) is 4.74. The fraction of sp³-hybridized carbons (Fsp3) is 0.700. The lowest BCUT2D eigenvalue weighted by Gasteiger charge is -2.50. The lowest BCUT2D eigenvalue weighted by Crippen LogP contribution is -2.50. The minimum Gasteiger partial charge on any atom is -0.351 e. The van der Waals surface area contributed by atoms with E-state index in [0.29, 0.717) is 6.42 Å². The van der Waals surface area contributed by atoms with Gasteiger partial charge >= 0.3 is 0 Å². The van der Waals surface area contributed by atoms with Crippen LogP contribution in [0, 0.1) is 17.3 Å². The van der Waals surface area contributed by atoms with E-state index < -0.39 is 0 Å². The molecule has 1 N–H and O–H groups in total. The minimum absolute atomic E-state index is 0.0433. The smallest absolute Gasteiger partial charge is 0.226 e. The molecule has 2 aliphatic carbocycles. The molecule has 2 amide bonds. The van der Waals surface area contributed by atoms with Gasteiger partial charge in [-0.1, -0.05) is 24.6 Å². The highest BCUT2D eigenvalue weighted by molar-refractivity contribution is 5.82. The number of fused-ring (bicyclic) bond motifs is 3. The van der Waals surface area contributed by atoms with Crippen LogP contribution in [0.25, 0.3) is 0 Å². The molecule has 1 aliphatic heterocycles. The topological polar surface area (TPSA) is 49.4 Å². The van der Waals surface area contributed by atoms with Gasteiger partial charge in [0.2, 0.25) is 11.8 Å². The zero-order valence-electron chi connectivity index (χ0n) is 15.6. The lowest BCUT2D eigenvalue weighted by atomic mass is 9.59. The molecule has 3 aliphatic rings. The monoisotopic (exact) mass is 330 g/mol. The lowest BCUT2D eigenvalue weighted by molar-refractivity contribution is -0.132. The highest BCUT2D eigenvalue weighted by atomic mass is 16.2. The minimum atomic E-state index is -0.199. The van der Waals surface area contributed by atoms with Crippen LogP contribution in [0.3, 0.4) is 0 Å². The maximum atomic E-state index is 12.8. The van der Waals surface area contributed by atoms with E-state index in [-0.39, 0.29) is 34.6 Å². The molecule has 0 saturated carbocycles. The maximum Gasteiger partial charge on any atom is 0.226 e. The summed E-state index contributed by atoms with van der Waals surface area (Å²) in [4.78, 5) is 26.7. The summed E-state index contributed by atoms with van der Waals surface area (Å²) in [6.07, 6.45) is 8.74. The molecular formula is C20H30N2O2. The van der Waals surface area contributed by atoms with E-state index in [1.807, 2.05) is 32.7 Å². The quantitative estimate of drug-likeness (QED) is 0.749. The summed E-state index contributed by atoms with van der Waals surface area (Å²) in [5, 5.41) is 3.17. The van der Waals surface area contributed by atoms with E-state index in [1.54, 1.807) is 0 Å². The van der Waals surface area contributed by atoms with Crippen molar-refractivity contribution in [1.29, 1.82) is 0 Å². The molecule has 0 radical (unpaired) electrons. The number of allylic oxidation sites excluding steroid dienone is 3. The first-order chi connectivity index (χ1) is 11.1. The molecule has 0 aromatic rings. The summed E-state index contributed by atoms with van der Waals surface area (Å²) >= 11 is 0. The Kier molecular flexibility index (Phi) is 4.13. The summed E-state index contributed by atoms with van der Waals surface area (Å²) in [6, 6.07) is 0. The Bertz CT molecular complexity index is 626. The predicted octanol–water partition coefficient (Wildman–Crippen LogP) is 3.40. The van der Waals surface area contributed by atoms with Crippen LogP contribution in [0.1, 0.15) is 59.8 Å². The summed E-state index contributed by atoms with van der Waals surface area (Å²) in [5.74, 6) is 0.702. The molecule has 1 heterocycles. The number of carbonyl (C=O) groups is 2. The molecule has 0 bridgehead atoms. The number of nitrogens with one attached hydrogen (secondary N) is 1. The maximum absolute atomic E-state index is 12.8. The molecule has 1 saturated heterocycles. The van der Waals surface area contributed by atoms with Gasteiger partial charge in [-0.05, 0) is 52.4 Å². The van der Waals surface area contributed by atoms with E-state index in [0.717, 1.165) is 31.4 Å². The van der Waals surface area contributed by atoms with Gasteiger partial charge in [0.15, 0.2) is 0 Å². The second-order valence-corrected chi connectivity index (χ2v) is 8.80. The first-order valence-corrected chi connectivity index (χ1v) is 9.13. The third-order valence-electron chi connectivity index (χ3n) is 5.90. The van der Waals surface area contributed by atoms with Crippen LogP contribution in [-0.2, 0) is 9.59 Å². The molecule has 4 heteroatoms. The number of nitrogens with zero attached hydrogens (tertiary/aromatic N) is 1. The van der Waals surface area contributed by atoms with Crippen LogP contribution >= 0.6 is 0 Å². The van der Waals surface area contributed by atoms with Crippen molar-refractivity contribution in [3.05, 3.63) is 23.4 Å². The molecule has 3 atom stereocenters. The van der Waals surface area contributed by atoms with Gasteiger partial charge in [-0.25, -0.2) is 0 Å². The summed E-state index contributed by atoms with van der Waals surface area (Å²) < 4.78 is 0. The average Bonchev–Trinajstić information content (AvgIpc) is 2.49. The van der Waals surface area contributed by atoms with Crippen molar-refractivity contribution in [2.45, 2.75) is 65.3 Å². The van der Waals surface area contributed by atoms with Gasteiger partial charge in [0.25, 0.3) is 0 Å². The Hall–Kier alpha value is -1.58. The van der Waals surface area contributed by atoms with Crippen molar-refractivity contribution in [1.82, 2.24) is 10.2 Å². The average molecular weight is 330 g/mol. The molecule has 24 heavy (non-hydrogen) atoms. The van der Waals surface area contributed by atoms with Gasteiger partial charge in [0.05, 0.1) is 0 Å². The van der Waals surface area contributed by atoms with Gasteiger partial charge in [0.1, 0.15) is 0 Å². The number of hydrogen-bond acceptors (Lipinski definition) is 2. The Labute approximate surface area is 145 Å². The number of likely N-dealkylation sites (tertiary alicyclic amines) is 1. The summed E-state index contributed by atoms with van der Waals surface area (Å²) in [6.45, 7) is 8.36. The second-order valence-electron chi connectivity index (χ2n) is 8.80. The third-order valence-corrected chi connectivity index (χ3v) is 5.90. The van der Waals surface area contributed by atoms with Crippen LogP contribution in [0.2, 0.25) is 0 Å². The first kappa shape index (κ1) is 17.2. The van der Waals surface area contributed by atoms with Crippen molar-refractivity contribution in [2.24, 2.45) is 17.3 Å². The summed E-state index contributed by atoms with van der Waals surface area (Å²) in [5.41, 5.74) is 2.24. The standard InChI is InChI=1S/C20H30N2O2/c1-19(2,3)21-18(24)14-7-6-8-15-13(14)9-10-16-20(15,4)12-11-17(23)22(16)5/h8,10,13-14H,6-7,9,11-12H2,1-5H3,(H,21,24)/t13?,14-,20-/m1/s1. The number of amides is 2. The normalized spacial score (nSPS) is 33.2. The Morgan fingerprint density at radius 1 is 1.33 bits per heavy atom. The van der Waals surface area contributed by atoms with E-state index in [4.69, 9.17) is 0 Å². The SMILES string of the molecule is CN1C(=O)CC[C@]2(C)C3=CCC[C@@H](C(=O)NC(C)(C)C)C3CC=C12. The van der Waals surface area contributed by atoms with Crippen molar-refractivity contribution in [3.63, 3.8) is 0 Å². The molecule has 0 aromatic carbocycles. The highest BCUT2D eigenvalue weighted by Gasteiger charge is 2.49. The van der Waals surface area contributed by atoms with Gasteiger partial charge < -0.3 is 10.2 Å². The molecule has 4 nitrogen and oxygen atoms in total. The third kappa shape index (κ3) is 2.80. The van der Waals surface area contributed by atoms with Crippen LogP contribution in [-0.4, -0.2) is 29.3 Å². The van der Waals surface area contributed by atoms with Crippen LogP contribution in [0.4, 0.5) is 0 Å². The molecule has 0 spiro atoms. The molecule has 3 rings (SSSR count). The predicted molar refractivity (Wildman–Crippen MR) is 95.0 cm³/mol. The Morgan fingerprint density at radius 3 is 2.71 bits per heavy atom. The van der Waals surface area contributed by atoms with E-state index in [9.17, 15) is 9.59 Å². The largest absolute Gasteiger partial charge is 0.351 e. The molecule has 1 fully saturated rings. The van der Waals surface area contributed by atoms with Crippen molar-refractivity contribution in [3.8, 4) is 0 Å². The first-order valence-electron chi connectivity index (χ1n) is 9.13. The highest BCUT2D eigenvalue weighted by Crippen LogP contribution is 2.54. The molecule has 1 unspecified atom stereocenters. The van der Waals surface area contributed by atoms with Crippen LogP contribution in [0.15, 0.2) is 23.4 Å². The van der Waals surface area contributed by atoms with E-state index in [2.05, 4.69) is 24.4 Å². The van der Waals surface area contributed by atoms with Gasteiger partial charge in [-0.3, -0.25) is 9.59 Å². The van der Waals surface area contributed by atoms with Gasteiger partial charge in [-0.15, -0.1) is 0 Å². The van der Waals surface area contributed by atoms with E-state index in [1.165, 1.54) is 5.57 Å². The molecule has 132 valence electrons. The van der Waals surface area contributed by atoms with E-state index >= 15 is 0 Å². The van der Waals surface area contributed by atoms with Crippen LogP contribution < -0.4 is 5.32 Å². The van der Waals surface area contributed by atoms with Crippen LogP contribution in [0.5, 0.6) is 0 Å². The molecular weight excluding hydrogens is 300 g/mol. The van der Waals surface area contributed by atoms with Crippen molar-refractivity contribution < 1.29 is 9.59 Å². The number of rotatable bonds is 1. The number of piperidine rings is 1. The number of hydrogen-bond donors (Lipinski definition) is 1. The van der Waals surface area contributed by atoms with Crippen molar-refractivity contribution >= 4 is 11.8 Å². The van der Waals surface area contributed by atoms with Gasteiger partial charge in [-0.2, -0.15) is 0 Å². The Balaban J connectivity index is 1.91. The van der Waals surface area contributed by atoms with Crippen molar-refractivity contribution in [2.75, 3.05) is 7.05 Å². The summed E-state index contributed by atoms with van der Waals surface area (Å²) in [7, 11) is 1.89. The zero-order chi connectivity index (χ0) is 17.7. The second kappa shape index (κ2) is 5.75. The Morgan fingerprint density at radius 2 is 2.04 bits per heavy atom. The van der Waals surface area contributed by atoms with Gasteiger partial charge in [0, 0.05) is 36.0 Å². The molecule has 0 aromatic heterocycles. The zero-order valence-corrected chi connectivity index (χ0v) is 15.6.